The van der Waals surface area contributed by atoms with Crippen molar-refractivity contribution in [2.24, 2.45) is 7.05 Å². The van der Waals surface area contributed by atoms with Gasteiger partial charge in [-0.05, 0) is 16.3 Å². The van der Waals surface area contributed by atoms with Crippen molar-refractivity contribution < 1.29 is 4.79 Å². The highest BCUT2D eigenvalue weighted by Crippen LogP contribution is 2.18. The molecule has 0 aliphatic rings. The molecule has 4 rings (SSSR count). The molecule has 7 nitrogen and oxygen atoms in total. The molecule has 0 aliphatic heterocycles. The minimum absolute atomic E-state index is 0.216. The lowest BCUT2D eigenvalue weighted by Gasteiger charge is -2.09. The molecule has 2 amide bonds. The first-order valence-electron chi connectivity index (χ1n) is 9.81. The number of carbonyl (C=O) groups excluding carboxylic acids is 1. The molecule has 0 aliphatic carbocycles. The van der Waals surface area contributed by atoms with Crippen molar-refractivity contribution in [1.29, 1.82) is 0 Å². The average Bonchev–Trinajstić information content (AvgIpc) is 3.07. The maximum absolute atomic E-state index is 12.4. The van der Waals surface area contributed by atoms with E-state index in [-0.39, 0.29) is 11.7 Å². The first kappa shape index (κ1) is 19.4. The smallest absolute Gasteiger partial charge is 0.336 e. The molecule has 0 saturated carbocycles. The Morgan fingerprint density at radius 3 is 2.50 bits per heavy atom. The second-order valence-electron chi connectivity index (χ2n) is 7.00. The third kappa shape index (κ3) is 4.10. The summed E-state index contributed by atoms with van der Waals surface area (Å²) in [6.07, 6.45) is 0. The quantitative estimate of drug-likeness (QED) is 0.521. The maximum Gasteiger partial charge on any atom is 0.345 e. The Kier molecular flexibility index (Phi) is 5.61. The summed E-state index contributed by atoms with van der Waals surface area (Å²) in [7, 11) is 1.69. The Hall–Kier alpha value is -3.87. The number of nitrogens with one attached hydrogen (secondary N) is 2. The van der Waals surface area contributed by atoms with Gasteiger partial charge in [-0.25, -0.2) is 14.3 Å². The highest BCUT2D eigenvalue weighted by atomic mass is 16.2. The van der Waals surface area contributed by atoms with Crippen LogP contribution in [0.15, 0.2) is 77.6 Å². The molecule has 0 fully saturated rings. The Morgan fingerprint density at radius 1 is 0.933 bits per heavy atom. The number of aromatic nitrogens is 3. The number of amides is 2. The monoisotopic (exact) mass is 401 g/mol. The molecular weight excluding hydrogens is 378 g/mol. The van der Waals surface area contributed by atoms with Crippen molar-refractivity contribution in [2.75, 3.05) is 6.54 Å². The van der Waals surface area contributed by atoms with Crippen molar-refractivity contribution in [3.05, 3.63) is 88.8 Å². The highest BCUT2D eigenvalue weighted by molar-refractivity contribution is 5.86. The lowest BCUT2D eigenvalue weighted by molar-refractivity contribution is 0.240. The molecule has 152 valence electrons. The summed E-state index contributed by atoms with van der Waals surface area (Å²) < 4.78 is 2.88. The largest absolute Gasteiger partial charge is 0.345 e. The Morgan fingerprint density at radius 2 is 1.67 bits per heavy atom. The van der Waals surface area contributed by atoms with Crippen molar-refractivity contribution in [1.82, 2.24) is 25.0 Å². The van der Waals surface area contributed by atoms with Crippen LogP contribution in [0.4, 0.5) is 4.79 Å². The molecule has 0 radical (unpaired) electrons. The summed E-state index contributed by atoms with van der Waals surface area (Å²) in [6.45, 7) is 1.02. The molecule has 1 heterocycles. The standard InChI is InChI=1S/C23H23N5O2/c1-27-21(18-9-3-2-4-10-18)26-28(23(27)30)15-14-24-22(29)25-16-19-12-7-11-17-8-5-6-13-20(17)19/h2-13H,14-16H2,1H3,(H2,24,25,29). The van der Waals surface area contributed by atoms with Gasteiger partial charge in [0, 0.05) is 25.7 Å². The Labute approximate surface area is 174 Å². The molecule has 0 atom stereocenters. The van der Waals surface area contributed by atoms with Gasteiger partial charge in [0.1, 0.15) is 0 Å². The van der Waals surface area contributed by atoms with Crippen LogP contribution in [0.5, 0.6) is 0 Å². The van der Waals surface area contributed by atoms with Gasteiger partial charge in [0.15, 0.2) is 5.82 Å². The summed E-state index contributed by atoms with van der Waals surface area (Å²) in [4.78, 5) is 24.6. The predicted octanol–water partition coefficient (Wildman–Crippen LogP) is 2.90. The number of hydrogen-bond acceptors (Lipinski definition) is 3. The fourth-order valence-corrected chi connectivity index (χ4v) is 3.43. The molecular formula is C23H23N5O2. The number of fused-ring (bicyclic) bond motifs is 1. The van der Waals surface area contributed by atoms with Crippen LogP contribution in [0.1, 0.15) is 5.56 Å². The zero-order chi connectivity index (χ0) is 20.9. The van der Waals surface area contributed by atoms with E-state index in [9.17, 15) is 9.59 Å². The number of carbonyl (C=O) groups is 1. The fraction of sp³-hybridized carbons (Fsp3) is 0.174. The third-order valence-corrected chi connectivity index (χ3v) is 5.00. The third-order valence-electron chi connectivity index (χ3n) is 5.00. The van der Waals surface area contributed by atoms with E-state index in [1.165, 1.54) is 9.25 Å². The van der Waals surface area contributed by atoms with Gasteiger partial charge in [-0.2, -0.15) is 0 Å². The lowest BCUT2D eigenvalue weighted by Crippen LogP contribution is -2.38. The molecule has 0 spiro atoms. The molecule has 2 N–H and O–H groups in total. The van der Waals surface area contributed by atoms with Gasteiger partial charge in [0.2, 0.25) is 0 Å². The van der Waals surface area contributed by atoms with Crippen LogP contribution in [0.3, 0.4) is 0 Å². The zero-order valence-electron chi connectivity index (χ0n) is 16.7. The summed E-state index contributed by atoms with van der Waals surface area (Å²) in [5.74, 6) is 0.598. The maximum atomic E-state index is 12.4. The zero-order valence-corrected chi connectivity index (χ0v) is 16.7. The second-order valence-corrected chi connectivity index (χ2v) is 7.00. The van der Waals surface area contributed by atoms with Crippen LogP contribution in [-0.2, 0) is 20.1 Å². The van der Waals surface area contributed by atoms with Crippen LogP contribution >= 0.6 is 0 Å². The molecule has 4 aromatic rings. The van der Waals surface area contributed by atoms with E-state index in [0.29, 0.717) is 25.5 Å². The van der Waals surface area contributed by atoms with E-state index < -0.39 is 0 Å². The van der Waals surface area contributed by atoms with E-state index >= 15 is 0 Å². The van der Waals surface area contributed by atoms with Crippen molar-refractivity contribution in [3.8, 4) is 11.4 Å². The van der Waals surface area contributed by atoms with Gasteiger partial charge in [0.05, 0.1) is 6.54 Å². The molecule has 0 bridgehead atoms. The SMILES string of the molecule is Cn1c(-c2ccccc2)nn(CCNC(=O)NCc2cccc3ccccc23)c1=O. The summed E-state index contributed by atoms with van der Waals surface area (Å²) in [5.41, 5.74) is 1.71. The molecule has 7 heteroatoms. The number of benzene rings is 3. The average molecular weight is 401 g/mol. The molecule has 30 heavy (non-hydrogen) atoms. The highest BCUT2D eigenvalue weighted by Gasteiger charge is 2.12. The number of urea groups is 1. The van der Waals surface area contributed by atoms with E-state index in [2.05, 4.69) is 15.7 Å². The van der Waals surface area contributed by atoms with E-state index in [1.54, 1.807) is 7.05 Å². The number of rotatable bonds is 6. The van der Waals surface area contributed by atoms with Gasteiger partial charge in [0.25, 0.3) is 0 Å². The first-order valence-corrected chi connectivity index (χ1v) is 9.81. The van der Waals surface area contributed by atoms with Gasteiger partial charge in [-0.1, -0.05) is 72.8 Å². The molecule has 0 saturated heterocycles. The summed E-state index contributed by atoms with van der Waals surface area (Å²) >= 11 is 0. The molecule has 1 aromatic heterocycles. The molecule has 3 aromatic carbocycles. The first-order chi connectivity index (χ1) is 14.6. The second kappa shape index (κ2) is 8.65. The topological polar surface area (TPSA) is 81.0 Å². The summed E-state index contributed by atoms with van der Waals surface area (Å²) in [6, 6.07) is 23.4. The normalized spacial score (nSPS) is 10.8. The lowest BCUT2D eigenvalue weighted by atomic mass is 10.0. The predicted molar refractivity (Wildman–Crippen MR) is 117 cm³/mol. The van der Waals surface area contributed by atoms with Crippen molar-refractivity contribution in [3.63, 3.8) is 0 Å². The van der Waals surface area contributed by atoms with Crippen LogP contribution in [-0.4, -0.2) is 26.9 Å². The van der Waals surface area contributed by atoms with Gasteiger partial charge < -0.3 is 10.6 Å². The van der Waals surface area contributed by atoms with E-state index in [1.807, 2.05) is 72.8 Å². The minimum atomic E-state index is -0.282. The van der Waals surface area contributed by atoms with Crippen LogP contribution < -0.4 is 16.3 Å². The summed E-state index contributed by atoms with van der Waals surface area (Å²) in [5, 5.41) is 12.3. The Balaban J connectivity index is 1.33. The van der Waals surface area contributed by atoms with Crippen LogP contribution in [0.2, 0.25) is 0 Å². The van der Waals surface area contributed by atoms with Gasteiger partial charge in [-0.15, -0.1) is 5.10 Å². The molecule has 0 unspecified atom stereocenters. The van der Waals surface area contributed by atoms with E-state index in [4.69, 9.17) is 0 Å². The van der Waals surface area contributed by atoms with Gasteiger partial charge >= 0.3 is 11.7 Å². The van der Waals surface area contributed by atoms with E-state index in [0.717, 1.165) is 21.9 Å². The Bertz CT molecular complexity index is 1220. The number of hydrogen-bond donors (Lipinski definition) is 2. The van der Waals surface area contributed by atoms with Crippen LogP contribution in [0.25, 0.3) is 22.2 Å². The van der Waals surface area contributed by atoms with Crippen molar-refractivity contribution in [2.45, 2.75) is 13.1 Å². The van der Waals surface area contributed by atoms with Gasteiger partial charge in [-0.3, -0.25) is 4.57 Å². The minimum Gasteiger partial charge on any atom is -0.336 e. The fourth-order valence-electron chi connectivity index (χ4n) is 3.43. The van der Waals surface area contributed by atoms with Crippen molar-refractivity contribution >= 4 is 16.8 Å². The van der Waals surface area contributed by atoms with Crippen LogP contribution in [0, 0.1) is 0 Å². The number of nitrogens with zero attached hydrogens (tertiary/aromatic N) is 3.